The molecule has 2 atom stereocenters. The van der Waals surface area contributed by atoms with Gasteiger partial charge in [0.1, 0.15) is 5.75 Å². The van der Waals surface area contributed by atoms with Crippen molar-refractivity contribution >= 4 is 12.4 Å². The quantitative estimate of drug-likeness (QED) is 0.527. The fourth-order valence-corrected chi connectivity index (χ4v) is 4.71. The average Bonchev–Trinajstić information content (AvgIpc) is 2.73. The highest BCUT2D eigenvalue weighted by Crippen LogP contribution is 2.43. The van der Waals surface area contributed by atoms with Crippen LogP contribution in [0, 0.1) is 5.92 Å². The summed E-state index contributed by atoms with van der Waals surface area (Å²) in [5, 5.41) is 12.3. The van der Waals surface area contributed by atoms with Gasteiger partial charge in [0.05, 0.1) is 12.2 Å². The maximum Gasteiger partial charge on any atom is 0.119 e. The molecule has 1 aliphatic heterocycles. The van der Waals surface area contributed by atoms with Crippen LogP contribution < -0.4 is 4.74 Å². The molecule has 0 aliphatic carbocycles. The molecule has 2 aromatic rings. The normalized spacial score (nSPS) is 17.8. The van der Waals surface area contributed by atoms with Crippen molar-refractivity contribution in [3.8, 4) is 5.75 Å². The first-order chi connectivity index (χ1) is 14.0. The molecule has 0 bridgehead atoms. The molecule has 1 saturated heterocycles. The lowest BCUT2D eigenvalue weighted by Crippen LogP contribution is -2.43. The van der Waals surface area contributed by atoms with Crippen molar-refractivity contribution < 1.29 is 9.84 Å². The molecule has 0 saturated carbocycles. The molecule has 0 amide bonds. The van der Waals surface area contributed by atoms with Gasteiger partial charge in [-0.15, -0.1) is 12.4 Å². The van der Waals surface area contributed by atoms with Crippen LogP contribution in [0.1, 0.15) is 63.5 Å². The zero-order chi connectivity index (χ0) is 20.7. The molecule has 3 rings (SSSR count). The predicted octanol–water partition coefficient (Wildman–Crippen LogP) is 6.01. The highest BCUT2D eigenvalue weighted by Gasteiger charge is 2.41. The van der Waals surface area contributed by atoms with Gasteiger partial charge in [0.15, 0.2) is 0 Å². The van der Waals surface area contributed by atoms with Gasteiger partial charge < -0.3 is 14.7 Å². The lowest BCUT2D eigenvalue weighted by atomic mass is 9.72. The van der Waals surface area contributed by atoms with E-state index in [0.29, 0.717) is 12.5 Å². The highest BCUT2D eigenvalue weighted by molar-refractivity contribution is 5.85. The van der Waals surface area contributed by atoms with E-state index < -0.39 is 5.60 Å². The Morgan fingerprint density at radius 3 is 2.17 bits per heavy atom. The molecule has 1 heterocycles. The third kappa shape index (κ3) is 6.23. The van der Waals surface area contributed by atoms with Gasteiger partial charge in [-0.25, -0.2) is 0 Å². The first-order valence-corrected chi connectivity index (χ1v) is 11.3. The van der Waals surface area contributed by atoms with E-state index >= 15 is 0 Å². The maximum atomic E-state index is 12.3. The van der Waals surface area contributed by atoms with Crippen LogP contribution >= 0.6 is 12.4 Å². The summed E-state index contributed by atoms with van der Waals surface area (Å²) < 4.78 is 5.63. The van der Waals surface area contributed by atoms with E-state index in [1.165, 1.54) is 24.8 Å². The van der Waals surface area contributed by atoms with Crippen LogP contribution in [0.25, 0.3) is 0 Å². The van der Waals surface area contributed by atoms with E-state index in [1.807, 2.05) is 19.1 Å². The number of nitrogens with zero attached hydrogens (tertiary/aromatic N) is 1. The first-order valence-electron chi connectivity index (χ1n) is 11.3. The summed E-state index contributed by atoms with van der Waals surface area (Å²) in [5.41, 5.74) is 1.29. The summed E-state index contributed by atoms with van der Waals surface area (Å²) in [4.78, 5) is 2.54. The van der Waals surface area contributed by atoms with E-state index in [9.17, 15) is 5.11 Å². The Balaban J connectivity index is 0.00000320. The summed E-state index contributed by atoms with van der Waals surface area (Å²) in [7, 11) is 0. The molecule has 0 spiro atoms. The third-order valence-electron chi connectivity index (χ3n) is 6.05. The number of hydrogen-bond acceptors (Lipinski definition) is 3. The van der Waals surface area contributed by atoms with Gasteiger partial charge >= 0.3 is 0 Å². The molecule has 3 nitrogen and oxygen atoms in total. The molecule has 0 aromatic heterocycles. The zero-order valence-corrected chi connectivity index (χ0v) is 19.5. The number of rotatable bonds is 9. The first kappa shape index (κ1) is 24.7. The topological polar surface area (TPSA) is 32.7 Å². The van der Waals surface area contributed by atoms with Gasteiger partial charge in [0, 0.05) is 12.5 Å². The number of hydrogen-bond donors (Lipinski definition) is 1. The van der Waals surface area contributed by atoms with Crippen molar-refractivity contribution in [3.63, 3.8) is 0 Å². The third-order valence-corrected chi connectivity index (χ3v) is 6.05. The van der Waals surface area contributed by atoms with Crippen molar-refractivity contribution in [1.82, 2.24) is 4.90 Å². The predicted molar refractivity (Wildman–Crippen MR) is 128 cm³/mol. The smallest absolute Gasteiger partial charge is 0.119 e. The molecule has 30 heavy (non-hydrogen) atoms. The highest BCUT2D eigenvalue weighted by atomic mass is 35.5. The van der Waals surface area contributed by atoms with Gasteiger partial charge in [0.25, 0.3) is 0 Å². The van der Waals surface area contributed by atoms with Crippen LogP contribution in [-0.4, -0.2) is 36.2 Å². The minimum atomic E-state index is -0.919. The Morgan fingerprint density at radius 1 is 0.967 bits per heavy atom. The van der Waals surface area contributed by atoms with Gasteiger partial charge in [-0.2, -0.15) is 0 Å². The number of piperidine rings is 1. The lowest BCUT2D eigenvalue weighted by molar-refractivity contribution is -0.0245. The Labute approximate surface area is 188 Å². The molecule has 1 fully saturated rings. The molecule has 1 N–H and O–H groups in total. The summed E-state index contributed by atoms with van der Waals surface area (Å²) in [5.74, 6) is 1.27. The van der Waals surface area contributed by atoms with Crippen LogP contribution in [0.3, 0.4) is 0 Å². The standard InChI is InChI=1S/C26H37NO2.ClH/c1-4-29-24-15-13-23(14-16-24)26(28,19-21(2)3)25(22-11-7-5-8-12-22)20-27-17-9-6-10-18-27;/h5,7-8,11-16,21,25,28H,4,6,9-10,17-20H2,1-3H3;1H. The van der Waals surface area contributed by atoms with Crippen LogP contribution in [0.15, 0.2) is 54.6 Å². The van der Waals surface area contributed by atoms with Gasteiger partial charge in [-0.05, 0) is 68.5 Å². The van der Waals surface area contributed by atoms with Crippen LogP contribution in [0.2, 0.25) is 0 Å². The SMILES string of the molecule is CCOc1ccc(C(O)(CC(C)C)C(CN2CCCCC2)c2ccccc2)cc1.Cl. The Bertz CT molecular complexity index is 728. The number of benzene rings is 2. The average molecular weight is 432 g/mol. The fraction of sp³-hybridized carbons (Fsp3) is 0.538. The summed E-state index contributed by atoms with van der Waals surface area (Å²) in [6.07, 6.45) is 4.57. The van der Waals surface area contributed by atoms with Crippen molar-refractivity contribution in [2.24, 2.45) is 5.92 Å². The zero-order valence-electron chi connectivity index (χ0n) is 18.7. The van der Waals surface area contributed by atoms with Gasteiger partial charge in [-0.1, -0.05) is 62.7 Å². The number of halogens is 1. The number of aliphatic hydroxyl groups is 1. The van der Waals surface area contributed by atoms with E-state index in [-0.39, 0.29) is 18.3 Å². The van der Waals surface area contributed by atoms with E-state index in [0.717, 1.165) is 37.4 Å². The minimum Gasteiger partial charge on any atom is -0.494 e. The minimum absolute atomic E-state index is 0. The van der Waals surface area contributed by atoms with Crippen molar-refractivity contribution in [3.05, 3.63) is 65.7 Å². The van der Waals surface area contributed by atoms with E-state index in [2.05, 4.69) is 61.2 Å². The molecule has 166 valence electrons. The lowest BCUT2D eigenvalue weighted by Gasteiger charge is -2.42. The van der Waals surface area contributed by atoms with Gasteiger partial charge in [-0.3, -0.25) is 0 Å². The Kier molecular flexibility index (Phi) is 9.67. The Morgan fingerprint density at radius 2 is 1.60 bits per heavy atom. The second kappa shape index (κ2) is 11.7. The molecular formula is C26H38ClNO2. The second-order valence-corrected chi connectivity index (χ2v) is 8.80. The summed E-state index contributed by atoms with van der Waals surface area (Å²) >= 11 is 0. The summed E-state index contributed by atoms with van der Waals surface area (Å²) in [6, 6.07) is 18.7. The van der Waals surface area contributed by atoms with Crippen molar-refractivity contribution in [1.29, 1.82) is 0 Å². The molecule has 2 aromatic carbocycles. The van der Waals surface area contributed by atoms with Crippen LogP contribution in [-0.2, 0) is 5.60 Å². The molecule has 1 aliphatic rings. The van der Waals surface area contributed by atoms with Gasteiger partial charge in [0.2, 0.25) is 0 Å². The molecule has 4 heteroatoms. The molecular weight excluding hydrogens is 394 g/mol. The second-order valence-electron chi connectivity index (χ2n) is 8.80. The van der Waals surface area contributed by atoms with E-state index in [4.69, 9.17) is 4.74 Å². The Hall–Kier alpha value is -1.55. The molecule has 0 radical (unpaired) electrons. The molecule has 2 unspecified atom stereocenters. The van der Waals surface area contributed by atoms with Crippen LogP contribution in [0.5, 0.6) is 5.75 Å². The van der Waals surface area contributed by atoms with E-state index in [1.54, 1.807) is 0 Å². The van der Waals surface area contributed by atoms with Crippen molar-refractivity contribution in [2.75, 3.05) is 26.2 Å². The monoisotopic (exact) mass is 431 g/mol. The fourth-order valence-electron chi connectivity index (χ4n) is 4.71. The van der Waals surface area contributed by atoms with Crippen molar-refractivity contribution in [2.45, 2.75) is 58.0 Å². The summed E-state index contributed by atoms with van der Waals surface area (Å²) in [6.45, 7) is 10.2. The maximum absolute atomic E-state index is 12.3. The number of ether oxygens (including phenoxy) is 1. The van der Waals surface area contributed by atoms with Crippen LogP contribution in [0.4, 0.5) is 0 Å². The number of likely N-dealkylation sites (tertiary alicyclic amines) is 1. The largest absolute Gasteiger partial charge is 0.494 e.